The number of nitrogens with zero attached hydrogens (tertiary/aromatic N) is 4. The molecule has 2 aliphatic rings. The predicted molar refractivity (Wildman–Crippen MR) is 123 cm³/mol. The first kappa shape index (κ1) is 21.6. The van der Waals surface area contributed by atoms with Crippen LogP contribution in [0.4, 0.5) is 5.82 Å². The third-order valence-corrected chi connectivity index (χ3v) is 6.42. The number of aromatic nitrogens is 3. The maximum atomic E-state index is 13.5. The van der Waals surface area contributed by atoms with E-state index in [4.69, 9.17) is 4.99 Å². The number of carbonyl (C=O) groups excluding carboxylic acids is 2. The number of hydrogen-bond donors (Lipinski definition) is 1. The lowest BCUT2D eigenvalue weighted by atomic mass is 9.66. The van der Waals surface area contributed by atoms with Gasteiger partial charge in [-0.3, -0.25) is 19.3 Å². The second-order valence-electron chi connectivity index (χ2n) is 9.20. The molecule has 2 unspecified atom stereocenters. The maximum Gasteiger partial charge on any atom is 0.235 e. The monoisotopic (exact) mass is 483 g/mol. The molecule has 7 nitrogen and oxygen atoms in total. The Bertz CT molecular complexity index is 1130. The number of ketones is 1. The van der Waals surface area contributed by atoms with E-state index in [0.717, 1.165) is 21.4 Å². The highest BCUT2D eigenvalue weighted by atomic mass is 79.9. The van der Waals surface area contributed by atoms with Crippen molar-refractivity contribution >= 4 is 39.1 Å². The molecule has 1 N–H and O–H groups in total. The lowest BCUT2D eigenvalue weighted by Crippen LogP contribution is -2.41. The lowest BCUT2D eigenvalue weighted by Gasteiger charge is -2.39. The Morgan fingerprint density at radius 2 is 2.00 bits per heavy atom. The van der Waals surface area contributed by atoms with Crippen LogP contribution in [0.25, 0.3) is 0 Å². The fraction of sp³-hybridized carbons (Fsp3) is 0.435. The van der Waals surface area contributed by atoms with E-state index in [1.54, 1.807) is 16.9 Å². The molecular weight excluding hydrogens is 458 g/mol. The highest BCUT2D eigenvalue weighted by Crippen LogP contribution is 2.48. The van der Waals surface area contributed by atoms with Crippen molar-refractivity contribution in [2.24, 2.45) is 23.4 Å². The van der Waals surface area contributed by atoms with Gasteiger partial charge in [0.15, 0.2) is 5.78 Å². The Balaban J connectivity index is 1.80. The average molecular weight is 484 g/mol. The largest absolute Gasteiger partial charge is 0.310 e. The van der Waals surface area contributed by atoms with Gasteiger partial charge >= 0.3 is 0 Å². The van der Waals surface area contributed by atoms with Gasteiger partial charge in [0.2, 0.25) is 5.91 Å². The lowest BCUT2D eigenvalue weighted by molar-refractivity contribution is -0.119. The van der Waals surface area contributed by atoms with Crippen molar-refractivity contribution in [2.75, 3.05) is 5.32 Å². The van der Waals surface area contributed by atoms with E-state index in [-0.39, 0.29) is 17.1 Å². The first-order valence-electron chi connectivity index (χ1n) is 10.3. The van der Waals surface area contributed by atoms with Crippen LogP contribution < -0.4 is 5.32 Å². The van der Waals surface area contributed by atoms with Crippen LogP contribution in [-0.4, -0.2) is 32.2 Å². The van der Waals surface area contributed by atoms with E-state index in [1.807, 2.05) is 33.2 Å². The average Bonchev–Trinajstić information content (AvgIpc) is 2.99. The van der Waals surface area contributed by atoms with Gasteiger partial charge in [0, 0.05) is 58.8 Å². The molecule has 162 valence electrons. The van der Waals surface area contributed by atoms with Crippen LogP contribution in [0.15, 0.2) is 45.3 Å². The van der Waals surface area contributed by atoms with Crippen molar-refractivity contribution in [2.45, 2.75) is 46.5 Å². The number of anilines is 1. The quantitative estimate of drug-likeness (QED) is 0.702. The molecule has 3 heterocycles. The summed E-state index contributed by atoms with van der Waals surface area (Å²) in [5.74, 6) is -0.736. The Morgan fingerprint density at radius 1 is 1.26 bits per heavy atom. The summed E-state index contributed by atoms with van der Waals surface area (Å²) in [6, 6.07) is 3.56. The smallest absolute Gasteiger partial charge is 0.235 e. The minimum atomic E-state index is -0.614. The van der Waals surface area contributed by atoms with Crippen LogP contribution in [0.2, 0.25) is 0 Å². The number of amides is 1. The van der Waals surface area contributed by atoms with Crippen LogP contribution in [0.3, 0.4) is 0 Å². The van der Waals surface area contributed by atoms with E-state index in [2.05, 4.69) is 45.2 Å². The summed E-state index contributed by atoms with van der Waals surface area (Å²) in [6.45, 7) is 7.96. The summed E-state index contributed by atoms with van der Waals surface area (Å²) in [7, 11) is 1.85. The minimum absolute atomic E-state index is 0.0651. The molecular formula is C23H26BrN5O2. The highest BCUT2D eigenvalue weighted by Gasteiger charge is 2.46. The van der Waals surface area contributed by atoms with Gasteiger partial charge in [-0.2, -0.15) is 5.10 Å². The number of carbonyl (C=O) groups is 2. The van der Waals surface area contributed by atoms with Gasteiger partial charge < -0.3 is 5.32 Å². The van der Waals surface area contributed by atoms with Crippen LogP contribution in [-0.2, 0) is 16.6 Å². The Hall–Kier alpha value is -2.61. The second-order valence-corrected chi connectivity index (χ2v) is 10.1. The van der Waals surface area contributed by atoms with Gasteiger partial charge in [-0.25, -0.2) is 4.98 Å². The summed E-state index contributed by atoms with van der Waals surface area (Å²) in [4.78, 5) is 35.8. The summed E-state index contributed by atoms with van der Waals surface area (Å²) in [6.07, 6.45) is 4.70. The molecule has 0 bridgehead atoms. The van der Waals surface area contributed by atoms with E-state index in [0.29, 0.717) is 29.9 Å². The predicted octanol–water partition coefficient (Wildman–Crippen LogP) is 4.34. The Morgan fingerprint density at radius 3 is 2.61 bits per heavy atom. The third-order valence-electron chi connectivity index (χ3n) is 5.95. The summed E-state index contributed by atoms with van der Waals surface area (Å²) in [5.41, 5.74) is 3.72. The zero-order valence-electron chi connectivity index (χ0n) is 18.4. The number of aliphatic imine (C=N–C) groups is 1. The van der Waals surface area contributed by atoms with Crippen molar-refractivity contribution in [3.8, 4) is 0 Å². The molecule has 2 atom stereocenters. The minimum Gasteiger partial charge on any atom is -0.310 e. The van der Waals surface area contributed by atoms with E-state index >= 15 is 0 Å². The Kier molecular flexibility index (Phi) is 5.45. The molecule has 2 aromatic rings. The molecule has 0 radical (unpaired) electrons. The number of Topliss-reactive ketones (excluding diaryl/α,β-unsaturated/α-hetero) is 1. The molecule has 1 aliphatic heterocycles. The van der Waals surface area contributed by atoms with E-state index in [9.17, 15) is 9.59 Å². The maximum absolute atomic E-state index is 13.5. The first-order chi connectivity index (χ1) is 14.6. The number of pyridine rings is 1. The number of aryl methyl sites for hydroxylation is 2. The second kappa shape index (κ2) is 7.82. The van der Waals surface area contributed by atoms with Crippen molar-refractivity contribution in [3.63, 3.8) is 0 Å². The first-order valence-corrected chi connectivity index (χ1v) is 11.1. The van der Waals surface area contributed by atoms with Crippen molar-refractivity contribution in [1.29, 1.82) is 0 Å². The molecule has 2 aromatic heterocycles. The van der Waals surface area contributed by atoms with Crippen LogP contribution in [0.1, 0.15) is 50.8 Å². The zero-order valence-corrected chi connectivity index (χ0v) is 19.9. The number of allylic oxidation sites excluding steroid dienone is 2. The van der Waals surface area contributed by atoms with Crippen LogP contribution >= 0.6 is 15.9 Å². The molecule has 1 aliphatic carbocycles. The Labute approximate surface area is 190 Å². The fourth-order valence-electron chi connectivity index (χ4n) is 4.70. The number of halogens is 1. The van der Waals surface area contributed by atoms with Gasteiger partial charge in [0.05, 0.1) is 11.6 Å². The highest BCUT2D eigenvalue weighted by molar-refractivity contribution is 9.10. The molecule has 31 heavy (non-hydrogen) atoms. The molecule has 0 fully saturated rings. The van der Waals surface area contributed by atoms with E-state index < -0.39 is 11.8 Å². The van der Waals surface area contributed by atoms with Crippen molar-refractivity contribution < 1.29 is 9.59 Å². The van der Waals surface area contributed by atoms with Gasteiger partial charge in [0.25, 0.3) is 0 Å². The fourth-order valence-corrected chi connectivity index (χ4v) is 4.93. The molecule has 8 heteroatoms. The SMILES string of the molecule is CC1=NC2=C(C(=O)CC(C)(C)C2)C(c2cn(C)nc2C)C1C(=O)Nc1ccc(Br)cn1. The number of nitrogens with one attached hydrogen (secondary N) is 1. The van der Waals surface area contributed by atoms with Crippen LogP contribution in [0.5, 0.6) is 0 Å². The third kappa shape index (κ3) is 4.13. The zero-order chi connectivity index (χ0) is 22.5. The van der Waals surface area contributed by atoms with Gasteiger partial charge in [-0.15, -0.1) is 0 Å². The van der Waals surface area contributed by atoms with E-state index in [1.165, 1.54) is 0 Å². The summed E-state index contributed by atoms with van der Waals surface area (Å²) < 4.78 is 2.56. The number of rotatable bonds is 3. The molecule has 0 aromatic carbocycles. The van der Waals surface area contributed by atoms with Gasteiger partial charge in [-0.1, -0.05) is 13.8 Å². The normalized spacial score (nSPS) is 22.8. The molecule has 4 rings (SSSR count). The summed E-state index contributed by atoms with van der Waals surface area (Å²) in [5, 5.41) is 7.39. The number of hydrogen-bond acceptors (Lipinski definition) is 5. The van der Waals surface area contributed by atoms with Crippen molar-refractivity contribution in [1.82, 2.24) is 14.8 Å². The van der Waals surface area contributed by atoms with Crippen LogP contribution in [0, 0.1) is 18.3 Å². The molecule has 0 saturated heterocycles. The summed E-state index contributed by atoms with van der Waals surface area (Å²) >= 11 is 3.35. The molecule has 0 saturated carbocycles. The molecule has 1 amide bonds. The molecule has 0 spiro atoms. The van der Waals surface area contributed by atoms with Gasteiger partial charge in [0.1, 0.15) is 5.82 Å². The van der Waals surface area contributed by atoms with Crippen molar-refractivity contribution in [3.05, 3.63) is 51.5 Å². The van der Waals surface area contributed by atoms with Gasteiger partial charge in [-0.05, 0) is 53.7 Å². The standard InChI is InChI=1S/C23H26BrN5O2/c1-12-15(11-29(5)28-12)20-19(22(31)27-18-7-6-14(24)10-25-18)13(2)26-16-8-23(3,4)9-17(30)21(16)20/h6-7,10-11,19-20H,8-9H2,1-5H3,(H,25,27,31). The topological polar surface area (TPSA) is 89.2 Å².